The van der Waals surface area contributed by atoms with Crippen molar-refractivity contribution in [2.75, 3.05) is 0 Å². The number of thiophene rings is 1. The van der Waals surface area contributed by atoms with E-state index in [1.54, 1.807) is 17.5 Å². The van der Waals surface area contributed by atoms with Crippen molar-refractivity contribution in [2.24, 2.45) is 0 Å². The second-order valence-electron chi connectivity index (χ2n) is 4.43. The molecule has 0 radical (unpaired) electrons. The van der Waals surface area contributed by atoms with Crippen LogP contribution in [0.3, 0.4) is 0 Å². The Balaban J connectivity index is 2.02. The highest BCUT2D eigenvalue weighted by molar-refractivity contribution is 7.08. The van der Waals surface area contributed by atoms with Crippen LogP contribution in [0, 0.1) is 6.92 Å². The second-order valence-corrected chi connectivity index (χ2v) is 5.21. The van der Waals surface area contributed by atoms with Crippen LogP contribution in [-0.2, 0) is 6.42 Å². The number of aromatic nitrogens is 2. The molecule has 17 heavy (non-hydrogen) atoms. The molecule has 1 unspecified atom stereocenters. The van der Waals surface area contributed by atoms with Crippen LogP contribution in [-0.4, -0.2) is 16.0 Å². The lowest BCUT2D eigenvalue weighted by Crippen LogP contribution is -2.21. The van der Waals surface area contributed by atoms with Gasteiger partial charge in [0.15, 0.2) is 5.78 Å². The maximum Gasteiger partial charge on any atom is 0.165 e. The number of aryl methyl sites for hydroxylation is 1. The van der Waals surface area contributed by atoms with Crippen molar-refractivity contribution in [1.82, 2.24) is 10.2 Å². The molecule has 1 aliphatic carbocycles. The van der Waals surface area contributed by atoms with E-state index in [1.807, 2.05) is 6.92 Å². The van der Waals surface area contributed by atoms with Crippen LogP contribution in [0.4, 0.5) is 0 Å². The van der Waals surface area contributed by atoms with Gasteiger partial charge in [-0.2, -0.15) is 21.5 Å². The molecule has 0 N–H and O–H groups in total. The fraction of sp³-hybridized carbons (Fsp3) is 0.308. The molecule has 0 spiro atoms. The fourth-order valence-corrected chi connectivity index (χ4v) is 3.17. The van der Waals surface area contributed by atoms with Crippen LogP contribution in [0.2, 0.25) is 0 Å². The molecule has 86 valence electrons. The first-order chi connectivity index (χ1) is 8.25. The van der Waals surface area contributed by atoms with E-state index in [2.05, 4.69) is 27.0 Å². The molecular formula is C13H12N2OS. The summed E-state index contributed by atoms with van der Waals surface area (Å²) >= 11 is 1.67. The fourth-order valence-electron chi connectivity index (χ4n) is 2.43. The molecule has 0 amide bonds. The molecule has 4 heteroatoms. The molecule has 1 atom stereocenters. The molecule has 2 aromatic heterocycles. The summed E-state index contributed by atoms with van der Waals surface area (Å²) < 4.78 is 0. The van der Waals surface area contributed by atoms with Crippen LogP contribution < -0.4 is 0 Å². The van der Waals surface area contributed by atoms with Gasteiger partial charge in [-0.15, -0.1) is 0 Å². The Morgan fingerprint density at radius 3 is 3.06 bits per heavy atom. The Labute approximate surface area is 104 Å². The van der Waals surface area contributed by atoms with Crippen molar-refractivity contribution < 1.29 is 4.79 Å². The van der Waals surface area contributed by atoms with Gasteiger partial charge in [0.25, 0.3) is 0 Å². The van der Waals surface area contributed by atoms with E-state index >= 15 is 0 Å². The number of hydrogen-bond donors (Lipinski definition) is 0. The molecule has 3 nitrogen and oxygen atoms in total. The lowest BCUT2D eigenvalue weighted by molar-refractivity contribution is 0.0962. The maximum atomic E-state index is 12.1. The van der Waals surface area contributed by atoms with Gasteiger partial charge in [-0.1, -0.05) is 0 Å². The normalized spacial score (nSPS) is 19.1. The Morgan fingerprint density at radius 1 is 1.41 bits per heavy atom. The minimum atomic E-state index is 0.204. The Morgan fingerprint density at radius 2 is 2.29 bits per heavy atom. The van der Waals surface area contributed by atoms with E-state index in [-0.39, 0.29) is 11.7 Å². The highest BCUT2D eigenvalue weighted by Crippen LogP contribution is 2.33. The Bertz CT molecular complexity index is 563. The Kier molecular flexibility index (Phi) is 2.52. The van der Waals surface area contributed by atoms with Crippen LogP contribution in [0.25, 0.3) is 0 Å². The number of hydrogen-bond acceptors (Lipinski definition) is 4. The van der Waals surface area contributed by atoms with Crippen LogP contribution in [0.15, 0.2) is 23.0 Å². The molecule has 0 aromatic carbocycles. The van der Waals surface area contributed by atoms with Gasteiger partial charge in [0.05, 0.1) is 11.9 Å². The number of rotatable bonds is 1. The zero-order chi connectivity index (χ0) is 11.8. The minimum Gasteiger partial charge on any atom is -0.294 e. The topological polar surface area (TPSA) is 42.9 Å². The number of ketones is 1. The van der Waals surface area contributed by atoms with Gasteiger partial charge in [-0.05, 0) is 47.2 Å². The summed E-state index contributed by atoms with van der Waals surface area (Å²) in [5.41, 5.74) is 3.85. The molecule has 0 aliphatic heterocycles. The quantitative estimate of drug-likeness (QED) is 0.774. The number of carbonyl (C=O) groups excluding carboxylic acids is 1. The minimum absolute atomic E-state index is 0.204. The van der Waals surface area contributed by atoms with Crippen molar-refractivity contribution in [1.29, 1.82) is 0 Å². The van der Waals surface area contributed by atoms with Crippen molar-refractivity contribution in [3.05, 3.63) is 45.4 Å². The van der Waals surface area contributed by atoms with Gasteiger partial charge >= 0.3 is 0 Å². The summed E-state index contributed by atoms with van der Waals surface area (Å²) in [7, 11) is 0. The Hall–Kier alpha value is -1.55. The third-order valence-electron chi connectivity index (χ3n) is 3.28. The van der Waals surface area contributed by atoms with E-state index in [9.17, 15) is 4.79 Å². The van der Waals surface area contributed by atoms with Crippen LogP contribution >= 0.6 is 11.3 Å². The van der Waals surface area contributed by atoms with Gasteiger partial charge in [0.2, 0.25) is 0 Å². The molecule has 2 aromatic rings. The molecule has 0 fully saturated rings. The second kappa shape index (κ2) is 4.04. The van der Waals surface area contributed by atoms with Gasteiger partial charge in [-0.25, -0.2) is 0 Å². The predicted octanol–water partition coefficient (Wildman–Crippen LogP) is 2.76. The predicted molar refractivity (Wildman–Crippen MR) is 66.5 cm³/mol. The SMILES string of the molecule is Cc1cnnc2c1C(=O)CC(c1ccsc1)C2. The molecule has 0 saturated heterocycles. The number of fused-ring (bicyclic) bond motifs is 1. The van der Waals surface area contributed by atoms with Crippen molar-refractivity contribution in [3.8, 4) is 0 Å². The van der Waals surface area contributed by atoms with Crippen LogP contribution in [0.1, 0.15) is 39.5 Å². The van der Waals surface area contributed by atoms with Gasteiger partial charge in [-0.3, -0.25) is 4.79 Å². The van der Waals surface area contributed by atoms with Gasteiger partial charge in [0.1, 0.15) is 0 Å². The summed E-state index contributed by atoms with van der Waals surface area (Å²) in [6.45, 7) is 1.93. The third-order valence-corrected chi connectivity index (χ3v) is 3.98. The zero-order valence-corrected chi connectivity index (χ0v) is 10.3. The molecule has 2 heterocycles. The first-order valence-electron chi connectivity index (χ1n) is 5.62. The van der Waals surface area contributed by atoms with Gasteiger partial charge in [0, 0.05) is 12.0 Å². The van der Waals surface area contributed by atoms with E-state index in [0.717, 1.165) is 23.2 Å². The zero-order valence-electron chi connectivity index (χ0n) is 9.51. The summed E-state index contributed by atoms with van der Waals surface area (Å²) in [6, 6.07) is 2.09. The third kappa shape index (κ3) is 1.78. The number of nitrogens with zero attached hydrogens (tertiary/aromatic N) is 2. The first-order valence-corrected chi connectivity index (χ1v) is 6.56. The lowest BCUT2D eigenvalue weighted by Gasteiger charge is -2.22. The summed E-state index contributed by atoms with van der Waals surface area (Å²) in [4.78, 5) is 12.1. The standard InChI is InChI=1S/C13H12N2OS/c1-8-6-14-15-11-4-10(5-12(16)13(8)11)9-2-3-17-7-9/h2-3,6-7,10H,4-5H2,1H3. The summed E-state index contributed by atoms with van der Waals surface area (Å²) in [5.74, 6) is 0.479. The van der Waals surface area contributed by atoms with E-state index in [1.165, 1.54) is 5.56 Å². The first kappa shape index (κ1) is 10.6. The molecular weight excluding hydrogens is 232 g/mol. The average molecular weight is 244 g/mol. The summed E-state index contributed by atoms with van der Waals surface area (Å²) in [6.07, 6.45) is 3.09. The smallest absolute Gasteiger partial charge is 0.165 e. The van der Waals surface area contributed by atoms with Crippen molar-refractivity contribution in [2.45, 2.75) is 25.7 Å². The number of carbonyl (C=O) groups is 1. The lowest BCUT2D eigenvalue weighted by atomic mass is 9.82. The average Bonchev–Trinajstić information content (AvgIpc) is 2.81. The highest BCUT2D eigenvalue weighted by Gasteiger charge is 2.28. The molecule has 0 saturated carbocycles. The van der Waals surface area contributed by atoms with Crippen molar-refractivity contribution in [3.63, 3.8) is 0 Å². The largest absolute Gasteiger partial charge is 0.294 e. The molecule has 0 bridgehead atoms. The maximum absolute atomic E-state index is 12.1. The molecule has 3 rings (SSSR count). The highest BCUT2D eigenvalue weighted by atomic mass is 32.1. The van der Waals surface area contributed by atoms with Crippen molar-refractivity contribution >= 4 is 17.1 Å². The number of Topliss-reactive ketones (excluding diaryl/α,β-unsaturated/α-hetero) is 1. The summed E-state index contributed by atoms with van der Waals surface area (Å²) in [5, 5.41) is 12.2. The van der Waals surface area contributed by atoms with Crippen LogP contribution in [0.5, 0.6) is 0 Å². The monoisotopic (exact) mass is 244 g/mol. The van der Waals surface area contributed by atoms with E-state index < -0.39 is 0 Å². The van der Waals surface area contributed by atoms with E-state index in [0.29, 0.717) is 6.42 Å². The van der Waals surface area contributed by atoms with Gasteiger partial charge < -0.3 is 0 Å². The molecule has 1 aliphatic rings. The van der Waals surface area contributed by atoms with E-state index in [4.69, 9.17) is 0 Å².